The van der Waals surface area contributed by atoms with Gasteiger partial charge in [-0.05, 0) is 36.5 Å². The molecule has 4 nitrogen and oxygen atoms in total. The third-order valence-electron chi connectivity index (χ3n) is 3.78. The number of carbonyl (C=O) groups excluding carboxylic acids is 2. The normalized spacial score (nSPS) is 16.0. The van der Waals surface area contributed by atoms with Gasteiger partial charge in [-0.15, -0.1) is 0 Å². The van der Waals surface area contributed by atoms with Gasteiger partial charge in [-0.2, -0.15) is 0 Å². The number of hydrogen-bond acceptors (Lipinski definition) is 3. The fraction of sp³-hybridized carbons (Fsp3) is 0.412. The lowest BCUT2D eigenvalue weighted by Crippen LogP contribution is -2.40. The molecule has 0 unspecified atom stereocenters. The van der Waals surface area contributed by atoms with Gasteiger partial charge in [-0.3, -0.25) is 4.79 Å². The number of amides is 1. The van der Waals surface area contributed by atoms with Crippen LogP contribution in [0.2, 0.25) is 5.02 Å². The summed E-state index contributed by atoms with van der Waals surface area (Å²) in [5.74, 6) is -0.0183. The number of likely N-dealkylation sites (tertiary alicyclic amines) is 1. The highest BCUT2D eigenvalue weighted by atomic mass is 35.5. The van der Waals surface area contributed by atoms with Gasteiger partial charge in [-0.1, -0.05) is 36.7 Å². The molecule has 1 saturated heterocycles. The number of nitrogens with zero attached hydrogens (tertiary/aromatic N) is 1. The van der Waals surface area contributed by atoms with Crippen molar-refractivity contribution in [3.05, 3.63) is 40.9 Å². The lowest BCUT2D eigenvalue weighted by molar-refractivity contribution is -0.148. The SMILES string of the molecule is CC1CCN(C(=O)COC(=O)C=Cc2ccccc2Cl)CC1. The average Bonchev–Trinajstić information content (AvgIpc) is 2.52. The van der Waals surface area contributed by atoms with Gasteiger partial charge in [0.2, 0.25) is 0 Å². The van der Waals surface area contributed by atoms with E-state index in [4.69, 9.17) is 16.3 Å². The molecule has 0 bridgehead atoms. The highest BCUT2D eigenvalue weighted by Gasteiger charge is 2.20. The number of piperidine rings is 1. The lowest BCUT2D eigenvalue weighted by atomic mass is 9.99. The largest absolute Gasteiger partial charge is 0.452 e. The maximum absolute atomic E-state index is 11.9. The van der Waals surface area contributed by atoms with Gasteiger partial charge in [0.1, 0.15) is 0 Å². The molecule has 2 rings (SSSR count). The van der Waals surface area contributed by atoms with Crippen LogP contribution in [0.1, 0.15) is 25.3 Å². The number of ether oxygens (including phenoxy) is 1. The molecule has 5 heteroatoms. The van der Waals surface area contributed by atoms with E-state index in [1.54, 1.807) is 23.1 Å². The molecule has 1 heterocycles. The number of benzene rings is 1. The summed E-state index contributed by atoms with van der Waals surface area (Å²) in [6, 6.07) is 7.19. The van der Waals surface area contributed by atoms with Crippen LogP contribution in [0.3, 0.4) is 0 Å². The minimum atomic E-state index is -0.543. The summed E-state index contributed by atoms with van der Waals surface area (Å²) in [6.45, 7) is 3.46. The summed E-state index contributed by atoms with van der Waals surface area (Å²) in [5, 5.41) is 0.560. The second-order valence-corrected chi connectivity index (χ2v) is 5.93. The monoisotopic (exact) mass is 321 g/mol. The molecule has 1 aromatic rings. The zero-order valence-electron chi connectivity index (χ0n) is 12.6. The first-order valence-corrected chi connectivity index (χ1v) is 7.81. The second kappa shape index (κ2) is 7.99. The lowest BCUT2D eigenvalue weighted by Gasteiger charge is -2.30. The first-order valence-electron chi connectivity index (χ1n) is 7.43. The van der Waals surface area contributed by atoms with Gasteiger partial charge < -0.3 is 9.64 Å². The second-order valence-electron chi connectivity index (χ2n) is 5.53. The van der Waals surface area contributed by atoms with Gasteiger partial charge in [0, 0.05) is 24.2 Å². The van der Waals surface area contributed by atoms with Crippen LogP contribution < -0.4 is 0 Å². The molecule has 0 radical (unpaired) electrons. The van der Waals surface area contributed by atoms with Crippen LogP contribution in [-0.2, 0) is 14.3 Å². The molecule has 0 spiro atoms. The van der Waals surface area contributed by atoms with E-state index in [9.17, 15) is 9.59 Å². The Morgan fingerprint density at radius 1 is 1.32 bits per heavy atom. The zero-order valence-corrected chi connectivity index (χ0v) is 13.4. The van der Waals surface area contributed by atoms with Crippen molar-refractivity contribution >= 4 is 29.6 Å². The van der Waals surface area contributed by atoms with E-state index < -0.39 is 5.97 Å². The molecule has 0 N–H and O–H groups in total. The number of halogens is 1. The quantitative estimate of drug-likeness (QED) is 0.632. The molecular weight excluding hydrogens is 302 g/mol. The first-order chi connectivity index (χ1) is 10.6. The van der Waals surface area contributed by atoms with E-state index in [-0.39, 0.29) is 12.5 Å². The number of carbonyl (C=O) groups is 2. The summed E-state index contributed by atoms with van der Waals surface area (Å²) in [7, 11) is 0. The predicted molar refractivity (Wildman–Crippen MR) is 86.4 cm³/mol. The van der Waals surface area contributed by atoms with Crippen molar-refractivity contribution in [2.75, 3.05) is 19.7 Å². The Balaban J connectivity index is 1.78. The van der Waals surface area contributed by atoms with Crippen LogP contribution in [0.15, 0.2) is 30.3 Å². The van der Waals surface area contributed by atoms with E-state index in [0.717, 1.165) is 31.5 Å². The Morgan fingerprint density at radius 2 is 2.00 bits per heavy atom. The topological polar surface area (TPSA) is 46.6 Å². The molecule has 1 aromatic carbocycles. The van der Waals surface area contributed by atoms with Crippen LogP contribution in [0, 0.1) is 5.92 Å². The molecule has 0 aromatic heterocycles. The minimum Gasteiger partial charge on any atom is -0.452 e. The summed E-state index contributed by atoms with van der Waals surface area (Å²) >= 11 is 5.98. The molecule has 1 fully saturated rings. The molecule has 0 aliphatic carbocycles. The highest BCUT2D eigenvalue weighted by molar-refractivity contribution is 6.32. The average molecular weight is 322 g/mol. The van der Waals surface area contributed by atoms with Crippen molar-refractivity contribution in [2.24, 2.45) is 5.92 Å². The molecule has 1 amide bonds. The maximum atomic E-state index is 11.9. The van der Waals surface area contributed by atoms with Crippen molar-refractivity contribution in [3.8, 4) is 0 Å². The molecular formula is C17H20ClNO3. The Kier molecular flexibility index (Phi) is 6.01. The maximum Gasteiger partial charge on any atom is 0.331 e. The van der Waals surface area contributed by atoms with E-state index >= 15 is 0 Å². The Labute approximate surface area is 135 Å². The van der Waals surface area contributed by atoms with Gasteiger partial charge in [-0.25, -0.2) is 4.79 Å². The summed E-state index contributed by atoms with van der Waals surface area (Å²) in [6.07, 6.45) is 4.88. The van der Waals surface area contributed by atoms with Crippen LogP contribution in [0.25, 0.3) is 6.08 Å². The fourth-order valence-electron chi connectivity index (χ4n) is 2.30. The first kappa shape index (κ1) is 16.6. The van der Waals surface area contributed by atoms with Crippen LogP contribution in [0.5, 0.6) is 0 Å². The molecule has 1 aliphatic rings. The van der Waals surface area contributed by atoms with Crippen molar-refractivity contribution < 1.29 is 14.3 Å². The highest BCUT2D eigenvalue weighted by Crippen LogP contribution is 2.17. The zero-order chi connectivity index (χ0) is 15.9. The van der Waals surface area contributed by atoms with Crippen LogP contribution >= 0.6 is 11.6 Å². The number of hydrogen-bond donors (Lipinski definition) is 0. The molecule has 118 valence electrons. The van der Waals surface area contributed by atoms with E-state index in [0.29, 0.717) is 10.9 Å². The van der Waals surface area contributed by atoms with Gasteiger partial charge >= 0.3 is 5.97 Å². The van der Waals surface area contributed by atoms with Gasteiger partial charge in [0.25, 0.3) is 5.91 Å². The molecule has 1 aliphatic heterocycles. The summed E-state index contributed by atoms with van der Waals surface area (Å²) < 4.78 is 4.99. The van der Waals surface area contributed by atoms with Crippen LogP contribution in [-0.4, -0.2) is 36.5 Å². The predicted octanol–water partition coefficient (Wildman–Crippen LogP) is 3.15. The Morgan fingerprint density at radius 3 is 2.68 bits per heavy atom. The standard InChI is InChI=1S/C17H20ClNO3/c1-13-8-10-19(11-9-13)16(20)12-22-17(21)7-6-14-4-2-3-5-15(14)18/h2-7,13H,8-12H2,1H3. The number of esters is 1. The minimum absolute atomic E-state index is 0.133. The smallest absolute Gasteiger partial charge is 0.331 e. The summed E-state index contributed by atoms with van der Waals surface area (Å²) in [5.41, 5.74) is 0.734. The van der Waals surface area contributed by atoms with Crippen molar-refractivity contribution in [1.82, 2.24) is 4.90 Å². The third-order valence-corrected chi connectivity index (χ3v) is 4.12. The third kappa shape index (κ3) is 4.88. The molecule has 0 atom stereocenters. The van der Waals surface area contributed by atoms with Crippen LogP contribution in [0.4, 0.5) is 0 Å². The molecule has 22 heavy (non-hydrogen) atoms. The van der Waals surface area contributed by atoms with Crippen molar-refractivity contribution in [2.45, 2.75) is 19.8 Å². The molecule has 0 saturated carbocycles. The Hall–Kier alpha value is -1.81. The Bertz CT molecular complexity index is 563. The fourth-order valence-corrected chi connectivity index (χ4v) is 2.50. The van der Waals surface area contributed by atoms with Crippen molar-refractivity contribution in [3.63, 3.8) is 0 Å². The van der Waals surface area contributed by atoms with E-state index in [1.165, 1.54) is 6.08 Å². The van der Waals surface area contributed by atoms with Gasteiger partial charge in [0.15, 0.2) is 6.61 Å². The number of rotatable bonds is 4. The van der Waals surface area contributed by atoms with E-state index in [1.807, 2.05) is 12.1 Å². The van der Waals surface area contributed by atoms with Gasteiger partial charge in [0.05, 0.1) is 0 Å². The van der Waals surface area contributed by atoms with Crippen molar-refractivity contribution in [1.29, 1.82) is 0 Å². The van der Waals surface area contributed by atoms with E-state index in [2.05, 4.69) is 6.92 Å². The summed E-state index contributed by atoms with van der Waals surface area (Å²) in [4.78, 5) is 25.3.